The minimum Gasteiger partial charge on any atom is -0.427 e. The summed E-state index contributed by atoms with van der Waals surface area (Å²) in [7, 11) is 0. The molecule has 0 saturated heterocycles. The van der Waals surface area contributed by atoms with E-state index in [1.165, 1.54) is 36.8 Å². The van der Waals surface area contributed by atoms with Crippen LogP contribution in [-0.4, -0.2) is 11.9 Å². The van der Waals surface area contributed by atoms with Crippen LogP contribution in [0.3, 0.4) is 0 Å². The smallest absolute Gasteiger partial charge is 0.416 e. The molecule has 32 heavy (non-hydrogen) atoms. The van der Waals surface area contributed by atoms with E-state index in [2.05, 4.69) is 6.58 Å². The Morgan fingerprint density at radius 3 is 2.16 bits per heavy atom. The number of halogens is 3. The Kier molecular flexibility index (Phi) is 9.98. The van der Waals surface area contributed by atoms with E-state index in [9.17, 15) is 22.8 Å². The van der Waals surface area contributed by atoms with E-state index in [0.717, 1.165) is 56.7 Å². The lowest BCUT2D eigenvalue weighted by Gasteiger charge is -2.09. The molecule has 0 bridgehead atoms. The lowest BCUT2D eigenvalue weighted by molar-refractivity contribution is -0.137. The Labute approximate surface area is 186 Å². The van der Waals surface area contributed by atoms with Crippen LogP contribution in [0.5, 0.6) is 11.5 Å². The number of alkyl halides is 3. The van der Waals surface area contributed by atoms with Gasteiger partial charge in [-0.3, -0.25) is 4.79 Å². The molecule has 0 radical (unpaired) electrons. The molecule has 0 aliphatic rings. The summed E-state index contributed by atoms with van der Waals surface area (Å²) in [5.74, 6) is -1.08. The normalized spacial score (nSPS) is 11.1. The second kappa shape index (κ2) is 12.7. The molecular weight excluding hydrogens is 421 g/mol. The lowest BCUT2D eigenvalue weighted by Crippen LogP contribution is -2.11. The predicted molar refractivity (Wildman–Crippen MR) is 116 cm³/mol. The summed E-state index contributed by atoms with van der Waals surface area (Å²) in [6.07, 6.45) is 4.98. The molecule has 0 spiro atoms. The van der Waals surface area contributed by atoms with Gasteiger partial charge in [-0.1, -0.05) is 37.8 Å². The molecule has 2 aromatic rings. The average molecular weight is 448 g/mol. The Bertz CT molecular complexity index is 889. The largest absolute Gasteiger partial charge is 0.427 e. The van der Waals surface area contributed by atoms with Gasteiger partial charge in [0.1, 0.15) is 11.5 Å². The third-order valence-corrected chi connectivity index (χ3v) is 4.73. The van der Waals surface area contributed by atoms with Gasteiger partial charge in [0.05, 0.1) is 11.1 Å². The third kappa shape index (κ3) is 8.96. The minimum absolute atomic E-state index is 0.124. The summed E-state index contributed by atoms with van der Waals surface area (Å²) in [4.78, 5) is 24.1. The van der Waals surface area contributed by atoms with Gasteiger partial charge < -0.3 is 9.47 Å². The quantitative estimate of drug-likeness (QED) is 0.150. The Morgan fingerprint density at radius 1 is 0.844 bits per heavy atom. The second-order valence-electron chi connectivity index (χ2n) is 7.36. The van der Waals surface area contributed by atoms with Crippen molar-refractivity contribution in [2.45, 2.75) is 57.5 Å². The van der Waals surface area contributed by atoms with Crippen molar-refractivity contribution in [3.05, 3.63) is 72.3 Å². The highest BCUT2D eigenvalue weighted by molar-refractivity contribution is 5.91. The van der Waals surface area contributed by atoms with E-state index in [1.807, 2.05) is 6.08 Å². The van der Waals surface area contributed by atoms with Crippen molar-refractivity contribution in [1.29, 1.82) is 0 Å². The van der Waals surface area contributed by atoms with Crippen LogP contribution in [0.4, 0.5) is 13.2 Å². The van der Waals surface area contributed by atoms with Gasteiger partial charge in [-0.05, 0) is 61.7 Å². The number of hydrogen-bond donors (Lipinski definition) is 0. The van der Waals surface area contributed by atoms with Crippen LogP contribution < -0.4 is 9.47 Å². The number of esters is 2. The predicted octanol–water partition coefficient (Wildman–Crippen LogP) is 7.14. The van der Waals surface area contributed by atoms with Gasteiger partial charge in [0.25, 0.3) is 0 Å². The number of carbonyl (C=O) groups is 2. The topological polar surface area (TPSA) is 52.6 Å². The molecule has 0 saturated carbocycles. The summed E-state index contributed by atoms with van der Waals surface area (Å²) < 4.78 is 48.6. The summed E-state index contributed by atoms with van der Waals surface area (Å²) in [5.41, 5.74) is -0.781. The Hall–Kier alpha value is -3.09. The van der Waals surface area contributed by atoms with Crippen LogP contribution >= 0.6 is 0 Å². The Balaban J connectivity index is 1.76. The molecule has 2 aromatic carbocycles. The van der Waals surface area contributed by atoms with Crippen LogP contribution in [0.15, 0.2) is 61.2 Å². The first kappa shape index (κ1) is 25.2. The maximum Gasteiger partial charge on any atom is 0.416 e. The maximum absolute atomic E-state index is 12.8. The molecule has 0 aliphatic carbocycles. The molecule has 0 heterocycles. The summed E-state index contributed by atoms with van der Waals surface area (Å²) in [5, 5.41) is 0. The van der Waals surface area contributed by atoms with E-state index in [0.29, 0.717) is 6.42 Å². The highest BCUT2D eigenvalue weighted by Crippen LogP contribution is 2.31. The van der Waals surface area contributed by atoms with Crippen molar-refractivity contribution < 1.29 is 32.2 Å². The molecule has 7 heteroatoms. The zero-order valence-electron chi connectivity index (χ0n) is 17.8. The summed E-state index contributed by atoms with van der Waals surface area (Å²) in [6.45, 7) is 3.69. The van der Waals surface area contributed by atoms with E-state index in [4.69, 9.17) is 9.47 Å². The van der Waals surface area contributed by atoms with Crippen LogP contribution in [0.1, 0.15) is 67.3 Å². The number of benzene rings is 2. The summed E-state index contributed by atoms with van der Waals surface area (Å²) in [6, 6.07) is 9.76. The maximum atomic E-state index is 12.8. The molecule has 0 atom stereocenters. The zero-order valence-corrected chi connectivity index (χ0v) is 17.8. The van der Waals surface area contributed by atoms with Gasteiger partial charge in [-0.25, -0.2) is 4.79 Å². The van der Waals surface area contributed by atoms with Gasteiger partial charge in [-0.15, -0.1) is 6.58 Å². The fraction of sp³-hybridized carbons (Fsp3) is 0.360. The molecule has 0 aromatic heterocycles. The molecule has 0 aliphatic heterocycles. The highest BCUT2D eigenvalue weighted by Gasteiger charge is 2.30. The molecule has 0 N–H and O–H groups in total. The fourth-order valence-corrected chi connectivity index (χ4v) is 3.01. The molecule has 0 fully saturated rings. The van der Waals surface area contributed by atoms with Crippen LogP contribution in [0.25, 0.3) is 0 Å². The van der Waals surface area contributed by atoms with Gasteiger partial charge in [0, 0.05) is 6.42 Å². The van der Waals surface area contributed by atoms with E-state index in [-0.39, 0.29) is 23.0 Å². The van der Waals surface area contributed by atoms with Crippen molar-refractivity contribution in [1.82, 2.24) is 0 Å². The van der Waals surface area contributed by atoms with Gasteiger partial charge in [0.2, 0.25) is 0 Å². The van der Waals surface area contributed by atoms with E-state index < -0.39 is 17.7 Å². The monoisotopic (exact) mass is 448 g/mol. The van der Waals surface area contributed by atoms with Crippen molar-refractivity contribution in [3.8, 4) is 11.5 Å². The van der Waals surface area contributed by atoms with Gasteiger partial charge in [0.15, 0.2) is 0 Å². The first-order valence-electron chi connectivity index (χ1n) is 10.6. The van der Waals surface area contributed by atoms with Gasteiger partial charge in [-0.2, -0.15) is 13.2 Å². The number of rotatable bonds is 12. The number of allylic oxidation sites excluding steroid dienone is 1. The minimum atomic E-state index is -4.53. The van der Waals surface area contributed by atoms with Crippen LogP contribution in [0.2, 0.25) is 0 Å². The highest BCUT2D eigenvalue weighted by atomic mass is 19.4. The third-order valence-electron chi connectivity index (χ3n) is 4.73. The molecule has 0 unspecified atom stereocenters. The number of ether oxygens (including phenoxy) is 2. The second-order valence-corrected chi connectivity index (χ2v) is 7.36. The first-order valence-corrected chi connectivity index (χ1v) is 10.6. The van der Waals surface area contributed by atoms with Crippen molar-refractivity contribution >= 4 is 11.9 Å². The van der Waals surface area contributed by atoms with Crippen molar-refractivity contribution in [2.24, 2.45) is 0 Å². The van der Waals surface area contributed by atoms with E-state index in [1.54, 1.807) is 0 Å². The van der Waals surface area contributed by atoms with E-state index >= 15 is 0 Å². The molecule has 4 nitrogen and oxygen atoms in total. The first-order chi connectivity index (χ1) is 15.3. The van der Waals surface area contributed by atoms with Crippen LogP contribution in [-0.2, 0) is 11.0 Å². The van der Waals surface area contributed by atoms with Gasteiger partial charge >= 0.3 is 18.1 Å². The van der Waals surface area contributed by atoms with Crippen molar-refractivity contribution in [2.75, 3.05) is 0 Å². The number of unbranched alkanes of at least 4 members (excludes halogenated alkanes) is 6. The lowest BCUT2D eigenvalue weighted by atomic mass is 10.1. The summed E-state index contributed by atoms with van der Waals surface area (Å²) >= 11 is 0. The zero-order chi connectivity index (χ0) is 23.4. The van der Waals surface area contributed by atoms with Crippen molar-refractivity contribution in [3.63, 3.8) is 0 Å². The average Bonchev–Trinajstić information content (AvgIpc) is 2.75. The molecule has 2 rings (SSSR count). The molecular formula is C25H27F3O4. The van der Waals surface area contributed by atoms with Crippen LogP contribution in [0, 0.1) is 0 Å². The SMILES string of the molecule is C=CCCCCCCCCC(=O)Oc1ccc(C(=O)Oc2cccc(C(F)(F)F)c2)cc1. The fourth-order valence-electron chi connectivity index (χ4n) is 3.01. The number of hydrogen-bond acceptors (Lipinski definition) is 4. The molecule has 0 amide bonds. The Morgan fingerprint density at radius 2 is 1.50 bits per heavy atom. The number of carbonyl (C=O) groups excluding carboxylic acids is 2. The molecule has 172 valence electrons. The standard InChI is InChI=1S/C25H27F3O4/c1-2-3-4-5-6-7-8-9-13-23(29)31-21-16-14-19(15-17-21)24(30)32-22-12-10-11-20(18-22)25(26,27)28/h2,10-12,14-18H,1,3-9,13H2.